The fraction of sp³-hybridized carbons (Fsp3) is 0.417. The van der Waals surface area contributed by atoms with Crippen LogP contribution in [0.2, 0.25) is 10.0 Å². The molecule has 5 nitrogen and oxygen atoms in total. The van der Waals surface area contributed by atoms with Crippen LogP contribution in [0.4, 0.5) is 5.69 Å². The van der Waals surface area contributed by atoms with Gasteiger partial charge in [-0.1, -0.05) is 23.2 Å². The number of carbonyl (C=O) groups excluding carboxylic acids is 1. The molecule has 1 fully saturated rings. The molecule has 116 valence electrons. The van der Waals surface area contributed by atoms with Gasteiger partial charge in [-0.15, -0.1) is 0 Å². The third-order valence-corrected chi connectivity index (χ3v) is 6.60. The molecule has 1 aliphatic heterocycles. The Balaban J connectivity index is 2.38. The van der Waals surface area contributed by atoms with E-state index < -0.39 is 21.1 Å². The summed E-state index contributed by atoms with van der Waals surface area (Å²) in [7, 11) is -3.36. The van der Waals surface area contributed by atoms with Crippen LogP contribution in [0.5, 0.6) is 0 Å². The summed E-state index contributed by atoms with van der Waals surface area (Å²) in [6, 6.07) is 2.82. The Labute approximate surface area is 137 Å². The van der Waals surface area contributed by atoms with Crippen LogP contribution in [0, 0.1) is 0 Å². The molecular weight excluding hydrogens is 355 g/mol. The van der Waals surface area contributed by atoms with Gasteiger partial charge >= 0.3 is 0 Å². The molecule has 0 saturated carbocycles. The fourth-order valence-electron chi connectivity index (χ4n) is 2.07. The predicted octanol–water partition coefficient (Wildman–Crippen LogP) is 2.14. The molecule has 1 heterocycles. The van der Waals surface area contributed by atoms with E-state index in [2.05, 4.69) is 0 Å². The minimum absolute atomic E-state index is 0.169. The van der Waals surface area contributed by atoms with E-state index in [1.54, 1.807) is 0 Å². The fourth-order valence-corrected chi connectivity index (χ4v) is 5.22. The van der Waals surface area contributed by atoms with Crippen LogP contribution >= 0.6 is 35.0 Å². The second kappa shape index (κ2) is 6.24. The highest BCUT2D eigenvalue weighted by Crippen LogP contribution is 2.31. The van der Waals surface area contributed by atoms with Crippen molar-refractivity contribution >= 4 is 56.4 Å². The van der Waals surface area contributed by atoms with Gasteiger partial charge in [0.25, 0.3) is 5.91 Å². The molecule has 2 rings (SSSR count). The highest BCUT2D eigenvalue weighted by Gasteiger charge is 2.34. The van der Waals surface area contributed by atoms with E-state index in [0.717, 1.165) is 6.26 Å². The van der Waals surface area contributed by atoms with Gasteiger partial charge in [0.2, 0.25) is 0 Å². The molecule has 0 radical (unpaired) electrons. The quantitative estimate of drug-likeness (QED) is 0.808. The summed E-state index contributed by atoms with van der Waals surface area (Å²) in [5.41, 5.74) is 6.13. The number of nitrogens with two attached hydrogens (primary N) is 1. The highest BCUT2D eigenvalue weighted by atomic mass is 35.5. The van der Waals surface area contributed by atoms with Gasteiger partial charge in [-0.25, -0.2) is 8.42 Å². The molecule has 1 aromatic rings. The summed E-state index contributed by atoms with van der Waals surface area (Å²) >= 11 is 13.3. The number of rotatable bonds is 2. The Hall–Kier alpha value is -0.630. The molecule has 1 amide bonds. The Morgan fingerprint density at radius 3 is 2.67 bits per heavy atom. The van der Waals surface area contributed by atoms with Gasteiger partial charge in [0.05, 0.1) is 15.7 Å². The summed E-state index contributed by atoms with van der Waals surface area (Å²) in [6.07, 6.45) is 1.13. The van der Waals surface area contributed by atoms with Crippen molar-refractivity contribution in [3.05, 3.63) is 27.7 Å². The first-order chi connectivity index (χ1) is 9.71. The second-order valence-corrected chi connectivity index (χ2v) is 8.86. The summed E-state index contributed by atoms with van der Waals surface area (Å²) in [4.78, 5) is 13.9. The number of nitrogens with zero attached hydrogens (tertiary/aromatic N) is 1. The second-order valence-electron chi connectivity index (χ2n) is 4.72. The van der Waals surface area contributed by atoms with Crippen molar-refractivity contribution in [1.29, 1.82) is 0 Å². The van der Waals surface area contributed by atoms with E-state index in [-0.39, 0.29) is 21.3 Å². The molecule has 1 aliphatic rings. The number of sulfone groups is 1. The maximum absolute atomic E-state index is 12.6. The number of hydrogen-bond acceptors (Lipinski definition) is 5. The topological polar surface area (TPSA) is 80.5 Å². The number of anilines is 1. The zero-order chi connectivity index (χ0) is 15.8. The highest BCUT2D eigenvalue weighted by molar-refractivity contribution is 8.00. The molecule has 9 heteroatoms. The van der Waals surface area contributed by atoms with Gasteiger partial charge in [0.1, 0.15) is 5.37 Å². The molecule has 0 aromatic heterocycles. The van der Waals surface area contributed by atoms with E-state index >= 15 is 0 Å². The third kappa shape index (κ3) is 3.59. The van der Waals surface area contributed by atoms with Crippen molar-refractivity contribution in [1.82, 2.24) is 4.90 Å². The summed E-state index contributed by atoms with van der Waals surface area (Å²) in [5.74, 6) is 0.645. The summed E-state index contributed by atoms with van der Waals surface area (Å²) < 4.78 is 23.7. The van der Waals surface area contributed by atoms with E-state index in [1.165, 1.54) is 28.8 Å². The maximum Gasteiger partial charge on any atom is 0.255 e. The Kier molecular flexibility index (Phi) is 4.97. The van der Waals surface area contributed by atoms with E-state index in [9.17, 15) is 13.2 Å². The van der Waals surface area contributed by atoms with Gasteiger partial charge in [0, 0.05) is 29.9 Å². The Morgan fingerprint density at radius 2 is 2.10 bits per heavy atom. The van der Waals surface area contributed by atoms with Crippen LogP contribution in [-0.4, -0.2) is 48.9 Å². The Morgan fingerprint density at radius 1 is 1.43 bits per heavy atom. The van der Waals surface area contributed by atoms with Crippen LogP contribution in [0.25, 0.3) is 0 Å². The molecule has 1 unspecified atom stereocenters. The van der Waals surface area contributed by atoms with Gasteiger partial charge in [0.15, 0.2) is 9.84 Å². The SMILES string of the molecule is CS(=O)(=O)C1CSCCN1C(=O)c1cc(N)c(Cl)c(Cl)c1. The largest absolute Gasteiger partial charge is 0.397 e. The van der Waals surface area contributed by atoms with E-state index in [1.807, 2.05) is 0 Å². The first kappa shape index (κ1) is 16.7. The number of thioether (sulfide) groups is 1. The molecule has 1 atom stereocenters. The van der Waals surface area contributed by atoms with Gasteiger partial charge in [-0.2, -0.15) is 11.8 Å². The minimum atomic E-state index is -3.36. The minimum Gasteiger partial charge on any atom is -0.397 e. The number of hydrogen-bond donors (Lipinski definition) is 1. The lowest BCUT2D eigenvalue weighted by Crippen LogP contribution is -2.49. The molecule has 21 heavy (non-hydrogen) atoms. The predicted molar refractivity (Wildman–Crippen MR) is 87.9 cm³/mol. The average Bonchev–Trinajstić information content (AvgIpc) is 2.42. The smallest absolute Gasteiger partial charge is 0.255 e. The lowest BCUT2D eigenvalue weighted by molar-refractivity contribution is 0.0749. The van der Waals surface area contributed by atoms with Gasteiger partial charge in [-0.3, -0.25) is 4.79 Å². The lowest BCUT2D eigenvalue weighted by Gasteiger charge is -2.34. The zero-order valence-corrected chi connectivity index (χ0v) is 14.3. The van der Waals surface area contributed by atoms with Crippen LogP contribution in [0.3, 0.4) is 0 Å². The van der Waals surface area contributed by atoms with Crippen LogP contribution in [0.1, 0.15) is 10.4 Å². The van der Waals surface area contributed by atoms with Crippen molar-refractivity contribution in [2.24, 2.45) is 0 Å². The summed E-state index contributed by atoms with van der Waals surface area (Å²) in [5, 5.41) is -0.483. The first-order valence-electron chi connectivity index (χ1n) is 6.04. The standard InChI is InChI=1S/C12H14Cl2N2O3S2/c1-21(18,19)10-6-20-3-2-16(10)12(17)7-4-8(13)11(14)9(15)5-7/h4-5,10H,2-3,6,15H2,1H3. The molecule has 0 bridgehead atoms. The first-order valence-corrected chi connectivity index (χ1v) is 9.90. The molecule has 2 N–H and O–H groups in total. The zero-order valence-electron chi connectivity index (χ0n) is 11.2. The monoisotopic (exact) mass is 368 g/mol. The van der Waals surface area contributed by atoms with Gasteiger partial charge in [-0.05, 0) is 12.1 Å². The maximum atomic E-state index is 12.6. The van der Waals surface area contributed by atoms with Gasteiger partial charge < -0.3 is 10.6 Å². The number of benzene rings is 1. The van der Waals surface area contributed by atoms with Crippen molar-refractivity contribution in [3.63, 3.8) is 0 Å². The summed E-state index contributed by atoms with van der Waals surface area (Å²) in [6.45, 7) is 0.362. The number of carbonyl (C=O) groups is 1. The molecule has 0 aliphatic carbocycles. The van der Waals surface area contributed by atoms with Crippen molar-refractivity contribution < 1.29 is 13.2 Å². The molecule has 1 aromatic carbocycles. The average molecular weight is 369 g/mol. The van der Waals surface area contributed by atoms with Crippen molar-refractivity contribution in [2.45, 2.75) is 5.37 Å². The molecule has 1 saturated heterocycles. The normalized spacial score (nSPS) is 19.6. The van der Waals surface area contributed by atoms with Crippen LogP contribution in [-0.2, 0) is 9.84 Å². The number of nitrogen functional groups attached to an aromatic ring is 1. The number of halogens is 2. The lowest BCUT2D eigenvalue weighted by atomic mass is 10.1. The third-order valence-electron chi connectivity index (χ3n) is 3.14. The number of amides is 1. The van der Waals surface area contributed by atoms with Crippen molar-refractivity contribution in [3.8, 4) is 0 Å². The Bertz CT molecular complexity index is 656. The van der Waals surface area contributed by atoms with E-state index in [0.29, 0.717) is 18.1 Å². The van der Waals surface area contributed by atoms with Crippen LogP contribution < -0.4 is 5.73 Å². The van der Waals surface area contributed by atoms with Crippen LogP contribution in [0.15, 0.2) is 12.1 Å². The van der Waals surface area contributed by atoms with E-state index in [4.69, 9.17) is 28.9 Å². The molecule has 0 spiro atoms. The van der Waals surface area contributed by atoms with Crippen molar-refractivity contribution in [2.75, 3.05) is 30.0 Å². The molecular formula is C12H14Cl2N2O3S2.